The summed E-state index contributed by atoms with van der Waals surface area (Å²) in [5.74, 6) is 0.0465. The second-order valence-electron chi connectivity index (χ2n) is 5.96. The zero-order valence-electron chi connectivity index (χ0n) is 14.4. The van der Waals surface area contributed by atoms with Gasteiger partial charge in [-0.1, -0.05) is 42.5 Å². The molecule has 8 nitrogen and oxygen atoms in total. The van der Waals surface area contributed by atoms with Crippen LogP contribution in [-0.4, -0.2) is 19.6 Å². The van der Waals surface area contributed by atoms with Crippen LogP contribution in [0.5, 0.6) is 11.5 Å². The molecule has 8 heteroatoms. The highest BCUT2D eigenvalue weighted by molar-refractivity contribution is 5.81. The summed E-state index contributed by atoms with van der Waals surface area (Å²) >= 11 is 0. The van der Waals surface area contributed by atoms with Crippen molar-refractivity contribution in [3.63, 3.8) is 0 Å². The van der Waals surface area contributed by atoms with Crippen molar-refractivity contribution in [3.05, 3.63) is 93.4 Å². The largest absolute Gasteiger partial charge is 0.508 e. The lowest BCUT2D eigenvalue weighted by Gasteiger charge is -2.12. The Bertz CT molecular complexity index is 1230. The van der Waals surface area contributed by atoms with Crippen LogP contribution >= 0.6 is 0 Å². The number of nitrogens with zero attached hydrogens (tertiary/aromatic N) is 3. The standard InChI is InChI=1S/C20H13N3O5/c24-15-10-11-22-17(12-15)21-19(14-6-8-16(9-7-14)28-23(26)27)18(20(22)25)13-4-2-1-3-5-13/h1-12,24H. The molecule has 138 valence electrons. The van der Waals surface area contributed by atoms with Crippen molar-refractivity contribution in [2.24, 2.45) is 0 Å². The van der Waals surface area contributed by atoms with E-state index in [2.05, 4.69) is 9.82 Å². The fraction of sp³-hybridized carbons (Fsp3) is 0. The van der Waals surface area contributed by atoms with Crippen molar-refractivity contribution in [2.75, 3.05) is 0 Å². The van der Waals surface area contributed by atoms with Gasteiger partial charge in [-0.25, -0.2) is 4.98 Å². The van der Waals surface area contributed by atoms with Crippen LogP contribution in [0.2, 0.25) is 0 Å². The fourth-order valence-electron chi connectivity index (χ4n) is 2.96. The molecule has 0 amide bonds. The normalized spacial score (nSPS) is 10.7. The highest BCUT2D eigenvalue weighted by atomic mass is 17.0. The van der Waals surface area contributed by atoms with Crippen LogP contribution in [0.1, 0.15) is 0 Å². The third-order valence-corrected chi connectivity index (χ3v) is 4.18. The maximum Gasteiger partial charge on any atom is 0.299 e. The van der Waals surface area contributed by atoms with E-state index >= 15 is 0 Å². The Labute approximate surface area is 158 Å². The van der Waals surface area contributed by atoms with E-state index in [1.54, 1.807) is 24.3 Å². The van der Waals surface area contributed by atoms with Gasteiger partial charge < -0.3 is 5.11 Å². The highest BCUT2D eigenvalue weighted by Gasteiger charge is 2.17. The molecular weight excluding hydrogens is 362 g/mol. The number of aromatic hydroxyl groups is 1. The summed E-state index contributed by atoms with van der Waals surface area (Å²) in [6.45, 7) is 0. The number of hydrogen-bond donors (Lipinski definition) is 1. The van der Waals surface area contributed by atoms with E-state index < -0.39 is 5.09 Å². The minimum Gasteiger partial charge on any atom is -0.508 e. The van der Waals surface area contributed by atoms with Gasteiger partial charge in [0.2, 0.25) is 0 Å². The molecule has 0 aliphatic carbocycles. The van der Waals surface area contributed by atoms with Crippen LogP contribution in [0, 0.1) is 10.1 Å². The van der Waals surface area contributed by atoms with Crippen molar-refractivity contribution in [3.8, 4) is 33.9 Å². The third kappa shape index (κ3) is 3.14. The molecule has 0 aliphatic heterocycles. The lowest BCUT2D eigenvalue weighted by molar-refractivity contribution is -0.711. The first kappa shape index (κ1) is 17.2. The lowest BCUT2D eigenvalue weighted by atomic mass is 10.0. The number of rotatable bonds is 4. The van der Waals surface area contributed by atoms with E-state index in [0.717, 1.165) is 0 Å². The number of pyridine rings is 1. The lowest BCUT2D eigenvalue weighted by Crippen LogP contribution is -2.18. The second-order valence-corrected chi connectivity index (χ2v) is 5.96. The molecule has 0 atom stereocenters. The predicted molar refractivity (Wildman–Crippen MR) is 102 cm³/mol. The topological polar surface area (TPSA) is 107 Å². The van der Waals surface area contributed by atoms with Gasteiger partial charge in [0.15, 0.2) is 0 Å². The van der Waals surface area contributed by atoms with E-state index in [4.69, 9.17) is 0 Å². The molecule has 0 bridgehead atoms. The van der Waals surface area contributed by atoms with Crippen molar-refractivity contribution < 1.29 is 15.0 Å². The van der Waals surface area contributed by atoms with Gasteiger partial charge in [0.05, 0.1) is 11.3 Å². The quantitative estimate of drug-likeness (QED) is 0.433. The smallest absolute Gasteiger partial charge is 0.299 e. The molecule has 2 aromatic carbocycles. The van der Waals surface area contributed by atoms with E-state index in [1.165, 1.54) is 34.9 Å². The average molecular weight is 375 g/mol. The summed E-state index contributed by atoms with van der Waals surface area (Å²) in [7, 11) is 0. The number of benzene rings is 2. The summed E-state index contributed by atoms with van der Waals surface area (Å²) in [4.78, 5) is 32.7. The van der Waals surface area contributed by atoms with Crippen molar-refractivity contribution in [1.82, 2.24) is 9.38 Å². The van der Waals surface area contributed by atoms with Crippen LogP contribution in [-0.2, 0) is 0 Å². The summed E-state index contributed by atoms with van der Waals surface area (Å²) in [6, 6.07) is 17.9. The first-order valence-electron chi connectivity index (χ1n) is 8.26. The van der Waals surface area contributed by atoms with Crippen molar-refractivity contribution in [1.29, 1.82) is 0 Å². The average Bonchev–Trinajstić information content (AvgIpc) is 2.68. The predicted octanol–water partition coefficient (Wildman–Crippen LogP) is 3.30. The maximum atomic E-state index is 13.2. The monoisotopic (exact) mass is 375 g/mol. The molecule has 0 unspecified atom stereocenters. The van der Waals surface area contributed by atoms with Gasteiger partial charge in [0.1, 0.15) is 17.1 Å². The number of hydrogen-bond acceptors (Lipinski definition) is 6. The first-order chi connectivity index (χ1) is 13.5. The minimum absolute atomic E-state index is 0.0138. The Hall–Kier alpha value is -4.20. The van der Waals surface area contributed by atoms with Crippen LogP contribution < -0.4 is 10.4 Å². The first-order valence-corrected chi connectivity index (χ1v) is 8.26. The number of aromatic nitrogens is 2. The SMILES string of the molecule is O=c1c(-c2ccccc2)c(-c2ccc(O[N+](=O)[O-])cc2)nc2cc(O)ccn12. The minimum atomic E-state index is -0.895. The molecule has 0 aliphatic rings. The summed E-state index contributed by atoms with van der Waals surface area (Å²) in [6.07, 6.45) is 1.46. The van der Waals surface area contributed by atoms with Crippen LogP contribution in [0.25, 0.3) is 28.0 Å². The molecule has 4 aromatic rings. The van der Waals surface area contributed by atoms with Crippen molar-refractivity contribution in [2.45, 2.75) is 0 Å². The van der Waals surface area contributed by atoms with Gasteiger partial charge in [0.25, 0.3) is 10.6 Å². The van der Waals surface area contributed by atoms with E-state index in [0.29, 0.717) is 22.4 Å². The molecular formula is C20H13N3O5. The zero-order valence-corrected chi connectivity index (χ0v) is 14.4. The van der Waals surface area contributed by atoms with Gasteiger partial charge >= 0.3 is 0 Å². The third-order valence-electron chi connectivity index (χ3n) is 4.18. The van der Waals surface area contributed by atoms with Crippen LogP contribution in [0.15, 0.2) is 77.7 Å². The highest BCUT2D eigenvalue weighted by Crippen LogP contribution is 2.30. The molecule has 0 radical (unpaired) electrons. The summed E-state index contributed by atoms with van der Waals surface area (Å²) in [5, 5.41) is 19.3. The number of fused-ring (bicyclic) bond motifs is 1. The molecule has 0 fully saturated rings. The Morgan fingerprint density at radius 1 is 1.00 bits per heavy atom. The van der Waals surface area contributed by atoms with Gasteiger partial charge in [-0.2, -0.15) is 0 Å². The molecule has 4 rings (SSSR count). The Kier molecular flexibility index (Phi) is 4.21. The molecule has 0 saturated heterocycles. The van der Waals surface area contributed by atoms with E-state index in [9.17, 15) is 20.0 Å². The zero-order chi connectivity index (χ0) is 19.7. The molecule has 28 heavy (non-hydrogen) atoms. The summed E-state index contributed by atoms with van der Waals surface area (Å²) < 4.78 is 1.36. The molecule has 0 saturated carbocycles. The van der Waals surface area contributed by atoms with Crippen LogP contribution in [0.3, 0.4) is 0 Å². The molecule has 2 heterocycles. The van der Waals surface area contributed by atoms with Gasteiger partial charge in [0, 0.05) is 17.8 Å². The van der Waals surface area contributed by atoms with Gasteiger partial charge in [-0.3, -0.25) is 14.0 Å². The van der Waals surface area contributed by atoms with Gasteiger partial charge in [-0.05, 0) is 23.8 Å². The van der Waals surface area contributed by atoms with Crippen LogP contribution in [0.4, 0.5) is 0 Å². The van der Waals surface area contributed by atoms with E-state index in [1.807, 2.05) is 18.2 Å². The van der Waals surface area contributed by atoms with E-state index in [-0.39, 0.29) is 22.7 Å². The molecule has 1 N–H and O–H groups in total. The Morgan fingerprint density at radius 2 is 1.71 bits per heavy atom. The molecule has 2 aromatic heterocycles. The Balaban J connectivity index is 1.98. The molecule has 0 spiro atoms. The Morgan fingerprint density at radius 3 is 2.39 bits per heavy atom. The van der Waals surface area contributed by atoms with Gasteiger partial charge in [-0.15, -0.1) is 10.1 Å². The fourth-order valence-corrected chi connectivity index (χ4v) is 2.96. The van der Waals surface area contributed by atoms with Crippen molar-refractivity contribution >= 4 is 5.65 Å². The maximum absolute atomic E-state index is 13.2. The summed E-state index contributed by atoms with van der Waals surface area (Å²) in [5.41, 5.74) is 2.03. The second kappa shape index (κ2) is 6.84.